The van der Waals surface area contributed by atoms with Crippen LogP contribution in [0.3, 0.4) is 0 Å². The van der Waals surface area contributed by atoms with E-state index in [2.05, 4.69) is 0 Å². The number of hydrogen-bond acceptors (Lipinski definition) is 4. The first-order valence-electron chi connectivity index (χ1n) is 8.77. The number of carbonyl (C=O) groups is 1. The molecule has 29 heavy (non-hydrogen) atoms. The maximum atomic E-state index is 14.8. The summed E-state index contributed by atoms with van der Waals surface area (Å²) in [6.45, 7) is 1.21. The van der Waals surface area contributed by atoms with Gasteiger partial charge in [-0.2, -0.15) is 11.8 Å². The second-order valence-electron chi connectivity index (χ2n) is 6.56. The molecule has 1 aliphatic heterocycles. The fourth-order valence-corrected chi connectivity index (χ4v) is 4.31. The first-order chi connectivity index (χ1) is 13.9. The maximum Gasteiger partial charge on any atom is 0.341 e. The lowest BCUT2D eigenvalue weighted by Gasteiger charge is -2.29. The molecule has 1 aromatic heterocycles. The van der Waals surface area contributed by atoms with E-state index in [1.807, 2.05) is 4.90 Å². The number of benzene rings is 2. The van der Waals surface area contributed by atoms with Gasteiger partial charge >= 0.3 is 5.97 Å². The second-order valence-corrected chi connectivity index (χ2v) is 7.79. The Morgan fingerprint density at radius 2 is 1.69 bits per heavy atom. The van der Waals surface area contributed by atoms with Gasteiger partial charge in [0, 0.05) is 42.2 Å². The zero-order valence-electron chi connectivity index (χ0n) is 15.0. The normalized spacial score (nSPS) is 14.4. The Kier molecular flexibility index (Phi) is 4.99. The number of aromatic nitrogens is 1. The predicted octanol–water partition coefficient (Wildman–Crippen LogP) is 3.66. The van der Waals surface area contributed by atoms with Crippen LogP contribution in [0.4, 0.5) is 18.9 Å². The van der Waals surface area contributed by atoms with E-state index >= 15 is 0 Å². The summed E-state index contributed by atoms with van der Waals surface area (Å²) in [5.74, 6) is -2.29. The Morgan fingerprint density at radius 3 is 2.34 bits per heavy atom. The van der Waals surface area contributed by atoms with Crippen molar-refractivity contribution in [2.75, 3.05) is 29.5 Å². The molecule has 0 saturated carbocycles. The van der Waals surface area contributed by atoms with Gasteiger partial charge in [0.25, 0.3) is 0 Å². The summed E-state index contributed by atoms with van der Waals surface area (Å²) in [5.41, 5.74) is -1.27. The molecule has 1 fully saturated rings. The van der Waals surface area contributed by atoms with Crippen molar-refractivity contribution in [1.29, 1.82) is 0 Å². The van der Waals surface area contributed by atoms with E-state index in [-0.39, 0.29) is 22.3 Å². The van der Waals surface area contributed by atoms with Crippen molar-refractivity contribution in [3.63, 3.8) is 0 Å². The zero-order chi connectivity index (χ0) is 20.7. The third-order valence-corrected chi connectivity index (χ3v) is 5.77. The fourth-order valence-electron chi connectivity index (χ4n) is 3.41. The van der Waals surface area contributed by atoms with Crippen LogP contribution >= 0.6 is 11.8 Å². The van der Waals surface area contributed by atoms with Crippen LogP contribution in [0.1, 0.15) is 10.4 Å². The van der Waals surface area contributed by atoms with E-state index in [4.69, 9.17) is 0 Å². The number of nitrogens with zero attached hydrogens (tertiary/aromatic N) is 2. The Labute approximate surface area is 167 Å². The molecule has 1 saturated heterocycles. The van der Waals surface area contributed by atoms with Gasteiger partial charge in [0.2, 0.25) is 5.43 Å². The summed E-state index contributed by atoms with van der Waals surface area (Å²) in [7, 11) is 0. The smallest absolute Gasteiger partial charge is 0.341 e. The van der Waals surface area contributed by atoms with Crippen LogP contribution in [0.5, 0.6) is 0 Å². The number of aromatic carboxylic acids is 1. The summed E-state index contributed by atoms with van der Waals surface area (Å²) < 4.78 is 43.8. The predicted molar refractivity (Wildman–Crippen MR) is 106 cm³/mol. The molecule has 0 bridgehead atoms. The van der Waals surface area contributed by atoms with Crippen LogP contribution < -0.4 is 10.3 Å². The first kappa shape index (κ1) is 19.4. The van der Waals surface area contributed by atoms with E-state index in [1.54, 1.807) is 11.8 Å². The lowest BCUT2D eigenvalue weighted by atomic mass is 10.1. The molecule has 2 heterocycles. The monoisotopic (exact) mass is 420 g/mol. The van der Waals surface area contributed by atoms with E-state index in [0.29, 0.717) is 19.2 Å². The summed E-state index contributed by atoms with van der Waals surface area (Å²) in [6.07, 6.45) is 0.983. The van der Waals surface area contributed by atoms with Crippen LogP contribution in [0.2, 0.25) is 0 Å². The van der Waals surface area contributed by atoms with E-state index in [1.165, 1.54) is 6.07 Å². The molecule has 9 heteroatoms. The van der Waals surface area contributed by atoms with E-state index in [0.717, 1.165) is 40.5 Å². The number of rotatable bonds is 3. The van der Waals surface area contributed by atoms with Crippen molar-refractivity contribution < 1.29 is 23.1 Å². The van der Waals surface area contributed by atoms with Crippen LogP contribution in [0.25, 0.3) is 16.6 Å². The van der Waals surface area contributed by atoms with Gasteiger partial charge < -0.3 is 14.6 Å². The number of hydrogen-bond donors (Lipinski definition) is 1. The van der Waals surface area contributed by atoms with Crippen molar-refractivity contribution in [2.24, 2.45) is 0 Å². The average molecular weight is 420 g/mol. The van der Waals surface area contributed by atoms with Gasteiger partial charge in [-0.25, -0.2) is 18.0 Å². The van der Waals surface area contributed by atoms with E-state index in [9.17, 15) is 27.9 Å². The SMILES string of the molecule is O=C(O)c1cn(-c2ccc(F)cc2F)c2cc(N3CCSCC3)c(F)cc2c1=O. The highest BCUT2D eigenvalue weighted by molar-refractivity contribution is 7.99. The topological polar surface area (TPSA) is 62.5 Å². The second kappa shape index (κ2) is 7.47. The highest BCUT2D eigenvalue weighted by Crippen LogP contribution is 2.29. The average Bonchev–Trinajstić information content (AvgIpc) is 2.69. The van der Waals surface area contributed by atoms with Gasteiger partial charge in [-0.3, -0.25) is 4.79 Å². The molecular formula is C20H15F3N2O3S. The molecule has 1 N–H and O–H groups in total. The fraction of sp³-hybridized carbons (Fsp3) is 0.200. The van der Waals surface area contributed by atoms with Crippen LogP contribution in [0, 0.1) is 17.5 Å². The maximum absolute atomic E-state index is 14.8. The summed E-state index contributed by atoms with van der Waals surface area (Å²) in [5, 5.41) is 9.17. The van der Waals surface area contributed by atoms with Gasteiger partial charge in [-0.15, -0.1) is 0 Å². The van der Waals surface area contributed by atoms with Gasteiger partial charge in [0.15, 0.2) is 0 Å². The van der Waals surface area contributed by atoms with Crippen molar-refractivity contribution in [2.45, 2.75) is 0 Å². The van der Waals surface area contributed by atoms with Gasteiger partial charge in [0.1, 0.15) is 23.0 Å². The molecule has 1 aliphatic rings. The Bertz CT molecular complexity index is 1190. The van der Waals surface area contributed by atoms with E-state index < -0.39 is 34.4 Å². The molecule has 4 rings (SSSR count). The van der Waals surface area contributed by atoms with Crippen molar-refractivity contribution in [1.82, 2.24) is 4.57 Å². The zero-order valence-corrected chi connectivity index (χ0v) is 15.8. The number of anilines is 1. The molecule has 5 nitrogen and oxygen atoms in total. The number of pyridine rings is 1. The minimum Gasteiger partial charge on any atom is -0.477 e. The van der Waals surface area contributed by atoms with Gasteiger partial charge in [0.05, 0.1) is 16.9 Å². The highest BCUT2D eigenvalue weighted by Gasteiger charge is 2.22. The molecule has 150 valence electrons. The molecular weight excluding hydrogens is 405 g/mol. The molecule has 0 atom stereocenters. The third-order valence-electron chi connectivity index (χ3n) is 4.82. The summed E-state index contributed by atoms with van der Waals surface area (Å²) >= 11 is 1.74. The Hall–Kier alpha value is -2.94. The van der Waals surface area contributed by atoms with Crippen molar-refractivity contribution in [3.8, 4) is 5.69 Å². The van der Waals surface area contributed by atoms with Crippen molar-refractivity contribution >= 4 is 34.3 Å². The van der Waals surface area contributed by atoms with Crippen molar-refractivity contribution in [3.05, 3.63) is 69.8 Å². The standard InChI is InChI=1S/C20H15F3N2O3S/c21-11-1-2-16(14(22)7-11)25-10-13(20(27)28)19(26)12-8-15(23)18(9-17(12)25)24-3-5-29-6-4-24/h1-2,7-10H,3-6H2,(H,27,28). The molecule has 0 aliphatic carbocycles. The molecule has 3 aromatic rings. The lowest BCUT2D eigenvalue weighted by Crippen LogP contribution is -2.33. The largest absolute Gasteiger partial charge is 0.477 e. The summed E-state index contributed by atoms with van der Waals surface area (Å²) in [4.78, 5) is 25.9. The van der Waals surface area contributed by atoms with Gasteiger partial charge in [-0.1, -0.05) is 0 Å². The number of carboxylic acids is 1. The van der Waals surface area contributed by atoms with Crippen LogP contribution in [0.15, 0.2) is 41.3 Å². The number of carboxylic acid groups (broad SMARTS) is 1. The highest BCUT2D eigenvalue weighted by atomic mass is 32.2. The quantitative estimate of drug-likeness (QED) is 0.701. The molecule has 0 radical (unpaired) electrons. The molecule has 0 spiro atoms. The number of halogens is 3. The first-order valence-corrected chi connectivity index (χ1v) is 9.92. The summed E-state index contributed by atoms with van der Waals surface area (Å²) in [6, 6.07) is 5.22. The Balaban J connectivity index is 2.05. The third kappa shape index (κ3) is 3.46. The Morgan fingerprint density at radius 1 is 1.00 bits per heavy atom. The number of fused-ring (bicyclic) bond motifs is 1. The lowest BCUT2D eigenvalue weighted by molar-refractivity contribution is 0.0695. The minimum absolute atomic E-state index is 0.139. The molecule has 0 amide bonds. The minimum atomic E-state index is -1.52. The van der Waals surface area contributed by atoms with Crippen LogP contribution in [-0.2, 0) is 0 Å². The molecule has 2 aromatic carbocycles. The number of thioether (sulfide) groups is 1. The molecule has 0 unspecified atom stereocenters. The van der Waals surface area contributed by atoms with Gasteiger partial charge in [-0.05, 0) is 24.3 Å². The van der Waals surface area contributed by atoms with Crippen LogP contribution in [-0.4, -0.2) is 40.2 Å².